The van der Waals surface area contributed by atoms with Crippen LogP contribution < -0.4 is 10.1 Å². The second-order valence-electron chi connectivity index (χ2n) is 3.78. The van der Waals surface area contributed by atoms with Crippen LogP contribution in [0.3, 0.4) is 0 Å². The van der Waals surface area contributed by atoms with E-state index in [9.17, 15) is 4.39 Å². The standard InChI is InChI=1S/C12H14FN3O2/c1-8-15-11(18-16-8)7-17-12-9(6-14-2)4-3-5-10(12)13/h3-5,14H,6-7H2,1-2H3. The van der Waals surface area contributed by atoms with Gasteiger partial charge < -0.3 is 14.6 Å². The lowest BCUT2D eigenvalue weighted by atomic mass is 10.2. The summed E-state index contributed by atoms with van der Waals surface area (Å²) in [6.07, 6.45) is 0. The van der Waals surface area contributed by atoms with E-state index in [1.54, 1.807) is 26.1 Å². The molecule has 2 aromatic rings. The van der Waals surface area contributed by atoms with Gasteiger partial charge in [0, 0.05) is 12.1 Å². The highest BCUT2D eigenvalue weighted by Crippen LogP contribution is 2.23. The van der Waals surface area contributed by atoms with E-state index in [2.05, 4.69) is 15.5 Å². The molecule has 0 unspecified atom stereocenters. The molecule has 0 atom stereocenters. The third-order valence-electron chi connectivity index (χ3n) is 2.33. The average Bonchev–Trinajstić information content (AvgIpc) is 2.75. The normalized spacial score (nSPS) is 10.6. The van der Waals surface area contributed by atoms with Gasteiger partial charge in [0.1, 0.15) is 0 Å². The van der Waals surface area contributed by atoms with Crippen LogP contribution in [0.2, 0.25) is 0 Å². The van der Waals surface area contributed by atoms with Crippen LogP contribution in [-0.2, 0) is 13.2 Å². The highest BCUT2D eigenvalue weighted by molar-refractivity contribution is 5.34. The van der Waals surface area contributed by atoms with Gasteiger partial charge in [-0.3, -0.25) is 0 Å². The van der Waals surface area contributed by atoms with Crippen LogP contribution in [-0.4, -0.2) is 17.2 Å². The summed E-state index contributed by atoms with van der Waals surface area (Å²) in [7, 11) is 1.79. The van der Waals surface area contributed by atoms with Gasteiger partial charge in [0.25, 0.3) is 5.89 Å². The predicted octanol–water partition coefficient (Wildman–Crippen LogP) is 1.82. The van der Waals surface area contributed by atoms with Crippen LogP contribution in [0.4, 0.5) is 4.39 Å². The van der Waals surface area contributed by atoms with Crippen molar-refractivity contribution in [3.8, 4) is 5.75 Å². The van der Waals surface area contributed by atoms with Crippen LogP contribution in [0.1, 0.15) is 17.3 Å². The van der Waals surface area contributed by atoms with Crippen molar-refractivity contribution < 1.29 is 13.7 Å². The average molecular weight is 251 g/mol. The van der Waals surface area contributed by atoms with Crippen LogP contribution >= 0.6 is 0 Å². The maximum atomic E-state index is 13.7. The Morgan fingerprint density at radius 3 is 2.94 bits per heavy atom. The summed E-state index contributed by atoms with van der Waals surface area (Å²) in [5, 5.41) is 6.59. The van der Waals surface area contributed by atoms with Gasteiger partial charge in [-0.1, -0.05) is 17.3 Å². The monoisotopic (exact) mass is 251 g/mol. The van der Waals surface area contributed by atoms with Gasteiger partial charge in [-0.25, -0.2) is 4.39 Å². The number of hydrogen-bond acceptors (Lipinski definition) is 5. The van der Waals surface area contributed by atoms with Crippen LogP contribution in [0.25, 0.3) is 0 Å². The predicted molar refractivity (Wildman–Crippen MR) is 62.5 cm³/mol. The molecular weight excluding hydrogens is 237 g/mol. The van der Waals surface area contributed by atoms with Crippen LogP contribution in [0.15, 0.2) is 22.7 Å². The summed E-state index contributed by atoms with van der Waals surface area (Å²) >= 11 is 0. The fourth-order valence-corrected chi connectivity index (χ4v) is 1.58. The summed E-state index contributed by atoms with van der Waals surface area (Å²) < 4.78 is 24.0. The molecule has 2 rings (SSSR count). The fourth-order valence-electron chi connectivity index (χ4n) is 1.58. The summed E-state index contributed by atoms with van der Waals surface area (Å²) in [5.41, 5.74) is 0.744. The van der Waals surface area contributed by atoms with Gasteiger partial charge in [0.15, 0.2) is 24.0 Å². The first-order chi connectivity index (χ1) is 8.70. The molecule has 0 aliphatic carbocycles. The van der Waals surface area contributed by atoms with E-state index in [4.69, 9.17) is 9.26 Å². The zero-order chi connectivity index (χ0) is 13.0. The molecule has 18 heavy (non-hydrogen) atoms. The SMILES string of the molecule is CNCc1cccc(F)c1OCc1nc(C)no1. The number of ether oxygens (including phenoxy) is 1. The van der Waals surface area contributed by atoms with Crippen molar-refractivity contribution in [2.75, 3.05) is 7.05 Å². The van der Waals surface area contributed by atoms with E-state index in [-0.39, 0.29) is 12.4 Å². The topological polar surface area (TPSA) is 60.2 Å². The summed E-state index contributed by atoms with van der Waals surface area (Å²) in [4.78, 5) is 3.99. The van der Waals surface area contributed by atoms with Gasteiger partial charge in [0.05, 0.1) is 0 Å². The number of para-hydroxylation sites is 1. The van der Waals surface area contributed by atoms with E-state index < -0.39 is 5.82 Å². The molecule has 1 aromatic carbocycles. The van der Waals surface area contributed by atoms with E-state index in [0.717, 1.165) is 5.56 Å². The molecule has 1 N–H and O–H groups in total. The smallest absolute Gasteiger partial charge is 0.264 e. The molecule has 5 nitrogen and oxygen atoms in total. The minimum absolute atomic E-state index is 0.0541. The fraction of sp³-hybridized carbons (Fsp3) is 0.333. The van der Waals surface area contributed by atoms with Crippen LogP contribution in [0, 0.1) is 12.7 Å². The van der Waals surface area contributed by atoms with Crippen molar-refractivity contribution in [2.24, 2.45) is 0 Å². The number of nitrogens with one attached hydrogen (secondary N) is 1. The molecule has 6 heteroatoms. The van der Waals surface area contributed by atoms with Crippen molar-refractivity contribution in [1.82, 2.24) is 15.5 Å². The van der Waals surface area contributed by atoms with Crippen LogP contribution in [0.5, 0.6) is 5.75 Å². The molecule has 0 bridgehead atoms. The van der Waals surface area contributed by atoms with Gasteiger partial charge in [-0.2, -0.15) is 4.98 Å². The first-order valence-corrected chi connectivity index (χ1v) is 5.54. The Labute approximate surface area is 104 Å². The molecule has 0 saturated heterocycles. The second-order valence-corrected chi connectivity index (χ2v) is 3.78. The van der Waals surface area contributed by atoms with Crippen molar-refractivity contribution in [3.05, 3.63) is 41.3 Å². The molecule has 1 heterocycles. The number of aromatic nitrogens is 2. The minimum Gasteiger partial charge on any atom is -0.480 e. The lowest BCUT2D eigenvalue weighted by molar-refractivity contribution is 0.232. The number of benzene rings is 1. The highest BCUT2D eigenvalue weighted by atomic mass is 19.1. The number of rotatable bonds is 5. The maximum Gasteiger partial charge on any atom is 0.264 e. The molecule has 0 saturated carbocycles. The molecule has 0 radical (unpaired) electrons. The van der Waals surface area contributed by atoms with Gasteiger partial charge in [0.2, 0.25) is 0 Å². The number of hydrogen-bond donors (Lipinski definition) is 1. The Balaban J connectivity index is 2.12. The van der Waals surface area contributed by atoms with Crippen molar-refractivity contribution in [3.63, 3.8) is 0 Å². The number of aryl methyl sites for hydroxylation is 1. The summed E-state index contributed by atoms with van der Waals surface area (Å²) in [6, 6.07) is 4.80. The van der Waals surface area contributed by atoms with E-state index >= 15 is 0 Å². The summed E-state index contributed by atoms with van der Waals surface area (Å²) in [6.45, 7) is 2.29. The Morgan fingerprint density at radius 1 is 1.44 bits per heavy atom. The Morgan fingerprint density at radius 2 is 2.28 bits per heavy atom. The Kier molecular flexibility index (Phi) is 3.88. The number of halogens is 1. The van der Waals surface area contributed by atoms with E-state index in [1.165, 1.54) is 6.07 Å². The third-order valence-corrected chi connectivity index (χ3v) is 2.33. The molecule has 0 spiro atoms. The molecule has 0 amide bonds. The lowest BCUT2D eigenvalue weighted by Crippen LogP contribution is -2.08. The lowest BCUT2D eigenvalue weighted by Gasteiger charge is -2.10. The number of nitrogens with zero attached hydrogens (tertiary/aromatic N) is 2. The van der Waals surface area contributed by atoms with Gasteiger partial charge >= 0.3 is 0 Å². The third kappa shape index (κ3) is 2.84. The first kappa shape index (κ1) is 12.5. The molecule has 0 aliphatic rings. The van der Waals surface area contributed by atoms with Crippen molar-refractivity contribution >= 4 is 0 Å². The second kappa shape index (κ2) is 5.59. The van der Waals surface area contributed by atoms with Gasteiger partial charge in [-0.05, 0) is 20.0 Å². The Hall–Kier alpha value is -1.95. The molecule has 1 aromatic heterocycles. The van der Waals surface area contributed by atoms with Crippen molar-refractivity contribution in [2.45, 2.75) is 20.1 Å². The van der Waals surface area contributed by atoms with Gasteiger partial charge in [-0.15, -0.1) is 0 Å². The highest BCUT2D eigenvalue weighted by Gasteiger charge is 2.11. The molecule has 0 aliphatic heterocycles. The molecule has 0 fully saturated rings. The van der Waals surface area contributed by atoms with Crippen molar-refractivity contribution in [1.29, 1.82) is 0 Å². The maximum absolute atomic E-state index is 13.7. The largest absolute Gasteiger partial charge is 0.480 e. The van der Waals surface area contributed by atoms with E-state index in [1.807, 2.05) is 0 Å². The Bertz CT molecular complexity index is 528. The summed E-state index contributed by atoms with van der Waals surface area (Å²) in [5.74, 6) is 0.658. The quantitative estimate of drug-likeness (QED) is 0.878. The zero-order valence-corrected chi connectivity index (χ0v) is 10.2. The van der Waals surface area contributed by atoms with E-state index in [0.29, 0.717) is 18.3 Å². The molecule has 96 valence electrons. The zero-order valence-electron chi connectivity index (χ0n) is 10.2. The minimum atomic E-state index is -0.404. The molecular formula is C12H14FN3O2. The first-order valence-electron chi connectivity index (χ1n) is 5.54.